The predicted octanol–water partition coefficient (Wildman–Crippen LogP) is 4.04. The molecule has 0 bridgehead atoms. The molecule has 2 aromatic carbocycles. The number of aromatic nitrogens is 2. The third kappa shape index (κ3) is 6.01. The normalized spacial score (nSPS) is 13.1. The molecule has 0 radical (unpaired) electrons. The minimum atomic E-state index is 0.0623. The number of nitrogens with one attached hydrogen (secondary N) is 3. The summed E-state index contributed by atoms with van der Waals surface area (Å²) in [5.74, 6) is 2.44. The molecule has 0 fully saturated rings. The van der Waals surface area contributed by atoms with E-state index in [1.165, 1.54) is 11.1 Å². The number of benzene rings is 2. The van der Waals surface area contributed by atoms with Crippen LogP contribution in [0.2, 0.25) is 0 Å². The number of fused-ring (bicyclic) bond motifs is 1. The summed E-state index contributed by atoms with van der Waals surface area (Å²) < 4.78 is 16.3. The van der Waals surface area contributed by atoms with Gasteiger partial charge in [0.25, 0.3) is 0 Å². The molecule has 0 atom stereocenters. The van der Waals surface area contributed by atoms with Gasteiger partial charge in [-0.15, -0.1) is 0 Å². The number of rotatable bonds is 6. The molecule has 1 aliphatic rings. The second kappa shape index (κ2) is 11.2. The van der Waals surface area contributed by atoms with Gasteiger partial charge in [-0.25, -0.2) is 15.0 Å². The molecule has 4 rings (SSSR count). The second-order valence-electron chi connectivity index (χ2n) is 8.40. The first kappa shape index (κ1) is 25.2. The topological polar surface area (TPSA) is 102 Å². The van der Waals surface area contributed by atoms with Crippen LogP contribution in [0.4, 0.5) is 11.6 Å². The Morgan fingerprint density at radius 3 is 2.00 bits per heavy atom. The Bertz CT molecular complexity index is 1230. The van der Waals surface area contributed by atoms with Gasteiger partial charge in [-0.1, -0.05) is 24.3 Å². The van der Waals surface area contributed by atoms with E-state index in [0.717, 1.165) is 24.2 Å². The van der Waals surface area contributed by atoms with E-state index in [0.29, 0.717) is 40.0 Å². The first-order valence-corrected chi connectivity index (χ1v) is 11.9. The summed E-state index contributed by atoms with van der Waals surface area (Å²) in [4.78, 5) is 13.9. The van der Waals surface area contributed by atoms with Gasteiger partial charge in [0.05, 0.1) is 27.4 Å². The zero-order valence-corrected chi connectivity index (χ0v) is 21.8. The number of anilines is 2. The van der Waals surface area contributed by atoms with Gasteiger partial charge in [-0.2, -0.15) is 0 Å². The van der Waals surface area contributed by atoms with Crippen LogP contribution in [0.25, 0.3) is 0 Å². The molecule has 0 saturated carbocycles. The van der Waals surface area contributed by atoms with Crippen LogP contribution in [0, 0.1) is 13.8 Å². The molecule has 188 valence electrons. The predicted molar refractivity (Wildman–Crippen MR) is 146 cm³/mol. The number of ether oxygens (including phenoxy) is 3. The van der Waals surface area contributed by atoms with Gasteiger partial charge in [-0.3, -0.25) is 5.32 Å². The van der Waals surface area contributed by atoms with Crippen LogP contribution < -0.4 is 30.2 Å². The molecule has 3 aromatic rings. The first-order valence-electron chi connectivity index (χ1n) is 11.5. The largest absolute Gasteiger partial charge is 0.493 e. The molecule has 10 heteroatoms. The van der Waals surface area contributed by atoms with Crippen molar-refractivity contribution in [3.63, 3.8) is 0 Å². The van der Waals surface area contributed by atoms with Crippen molar-refractivity contribution in [3.8, 4) is 17.2 Å². The Morgan fingerprint density at radius 1 is 0.889 bits per heavy atom. The number of thiocarbonyl (C=S) groups is 1. The quantitative estimate of drug-likeness (QED) is 0.260. The highest BCUT2D eigenvalue weighted by atomic mass is 32.1. The van der Waals surface area contributed by atoms with E-state index in [1.807, 2.05) is 19.9 Å². The Hall–Kier alpha value is -3.92. The number of methoxy groups -OCH3 is 3. The van der Waals surface area contributed by atoms with Crippen LogP contribution >= 0.6 is 12.2 Å². The van der Waals surface area contributed by atoms with Gasteiger partial charge >= 0.3 is 0 Å². The average Bonchev–Trinajstić information content (AvgIpc) is 3.24. The van der Waals surface area contributed by atoms with Crippen molar-refractivity contribution in [1.82, 2.24) is 15.3 Å². The summed E-state index contributed by atoms with van der Waals surface area (Å²) in [5, 5.41) is 9.89. The second-order valence-corrected chi connectivity index (χ2v) is 8.81. The summed E-state index contributed by atoms with van der Waals surface area (Å²) in [5.41, 5.74) is 5.00. The number of aryl methyl sites for hydroxylation is 2. The Morgan fingerprint density at radius 2 is 1.47 bits per heavy atom. The summed E-state index contributed by atoms with van der Waals surface area (Å²) in [6.45, 7) is 3.85. The van der Waals surface area contributed by atoms with Crippen molar-refractivity contribution in [3.05, 3.63) is 65.0 Å². The Kier molecular flexibility index (Phi) is 7.84. The third-order valence-electron chi connectivity index (χ3n) is 5.71. The Balaban J connectivity index is 1.56. The lowest BCUT2D eigenvalue weighted by Gasteiger charge is -2.18. The molecule has 36 heavy (non-hydrogen) atoms. The van der Waals surface area contributed by atoms with Crippen LogP contribution in [0.3, 0.4) is 0 Å². The lowest BCUT2D eigenvalue weighted by Crippen LogP contribution is -2.40. The molecule has 0 saturated heterocycles. The van der Waals surface area contributed by atoms with Crippen LogP contribution in [-0.2, 0) is 12.8 Å². The summed E-state index contributed by atoms with van der Waals surface area (Å²) in [6, 6.07) is 13.9. The molecule has 0 amide bonds. The maximum Gasteiger partial charge on any atom is 0.229 e. The van der Waals surface area contributed by atoms with Crippen molar-refractivity contribution >= 4 is 34.9 Å². The van der Waals surface area contributed by atoms with Crippen molar-refractivity contribution in [2.75, 3.05) is 32.0 Å². The van der Waals surface area contributed by atoms with E-state index in [9.17, 15) is 0 Å². The zero-order chi connectivity index (χ0) is 25.7. The van der Waals surface area contributed by atoms with Crippen molar-refractivity contribution in [2.45, 2.75) is 32.7 Å². The summed E-state index contributed by atoms with van der Waals surface area (Å²) in [6.07, 6.45) is 1.70. The fraction of sp³-hybridized carbons (Fsp3) is 0.308. The van der Waals surface area contributed by atoms with E-state index < -0.39 is 0 Å². The molecule has 0 unspecified atom stereocenters. The van der Waals surface area contributed by atoms with Crippen LogP contribution in [0.1, 0.15) is 22.5 Å². The minimum Gasteiger partial charge on any atom is -0.493 e. The van der Waals surface area contributed by atoms with E-state index in [-0.39, 0.29) is 6.04 Å². The van der Waals surface area contributed by atoms with E-state index in [4.69, 9.17) is 31.4 Å². The van der Waals surface area contributed by atoms with Crippen LogP contribution in [0.5, 0.6) is 17.2 Å². The summed E-state index contributed by atoms with van der Waals surface area (Å²) >= 11 is 5.61. The lowest BCUT2D eigenvalue weighted by molar-refractivity contribution is 0.324. The molecule has 9 nitrogen and oxygen atoms in total. The number of guanidine groups is 1. The Labute approximate surface area is 216 Å². The van der Waals surface area contributed by atoms with Gasteiger partial charge in [0.15, 0.2) is 16.6 Å². The highest BCUT2D eigenvalue weighted by Crippen LogP contribution is 2.39. The molecule has 0 aliphatic heterocycles. The molecule has 1 aliphatic carbocycles. The SMILES string of the molecule is COc1cc(NC(=S)NC(=NC2Cc3ccccc3C2)Nc2nc(C)cc(C)n2)cc(OC)c1OC. The van der Waals surface area contributed by atoms with Crippen molar-refractivity contribution in [1.29, 1.82) is 0 Å². The maximum absolute atomic E-state index is 5.61. The van der Waals surface area contributed by atoms with Gasteiger partial charge in [-0.05, 0) is 56.1 Å². The van der Waals surface area contributed by atoms with Gasteiger partial charge < -0.3 is 24.8 Å². The molecule has 3 N–H and O–H groups in total. The standard InChI is InChI=1S/C26H30N6O3S/c1-15-10-16(2)28-24(27-15)31-25(29-19-11-17-8-6-7-9-18(17)12-19)32-26(36)30-20-13-21(33-3)23(35-5)22(14-20)34-4/h6-10,13-14,19H,11-12H2,1-5H3,(H3,27,28,29,30,31,32,36). The van der Waals surface area contributed by atoms with Crippen LogP contribution in [-0.4, -0.2) is 48.4 Å². The van der Waals surface area contributed by atoms with E-state index in [1.54, 1.807) is 33.5 Å². The van der Waals surface area contributed by atoms with Gasteiger partial charge in [0, 0.05) is 29.2 Å². The maximum atomic E-state index is 5.61. The highest BCUT2D eigenvalue weighted by molar-refractivity contribution is 7.80. The monoisotopic (exact) mass is 506 g/mol. The smallest absolute Gasteiger partial charge is 0.229 e. The molecular formula is C26H30N6O3S. The van der Waals surface area contributed by atoms with Crippen molar-refractivity contribution in [2.24, 2.45) is 4.99 Å². The average molecular weight is 507 g/mol. The van der Waals surface area contributed by atoms with Gasteiger partial charge in [0.1, 0.15) is 0 Å². The van der Waals surface area contributed by atoms with Gasteiger partial charge in [0.2, 0.25) is 17.7 Å². The van der Waals surface area contributed by atoms with E-state index in [2.05, 4.69) is 50.2 Å². The number of hydrogen-bond donors (Lipinski definition) is 3. The fourth-order valence-electron chi connectivity index (χ4n) is 4.22. The third-order valence-corrected chi connectivity index (χ3v) is 5.91. The lowest BCUT2D eigenvalue weighted by atomic mass is 10.1. The van der Waals surface area contributed by atoms with E-state index >= 15 is 0 Å². The number of hydrogen-bond acceptors (Lipinski definition) is 7. The fourth-order valence-corrected chi connectivity index (χ4v) is 4.43. The first-order chi connectivity index (χ1) is 17.4. The molecule has 1 aromatic heterocycles. The molecule has 0 spiro atoms. The summed E-state index contributed by atoms with van der Waals surface area (Å²) in [7, 11) is 4.69. The minimum absolute atomic E-state index is 0.0623. The zero-order valence-electron chi connectivity index (χ0n) is 21.0. The number of aliphatic imine (C=N–C) groups is 1. The highest BCUT2D eigenvalue weighted by Gasteiger charge is 2.22. The molecular weight excluding hydrogens is 476 g/mol. The van der Waals surface area contributed by atoms with Crippen molar-refractivity contribution < 1.29 is 14.2 Å². The number of nitrogens with zero attached hydrogens (tertiary/aromatic N) is 3. The molecule has 1 heterocycles. The van der Waals surface area contributed by atoms with Crippen LogP contribution in [0.15, 0.2) is 47.5 Å².